The predicted molar refractivity (Wildman–Crippen MR) is 131 cm³/mol. The molecule has 6 heteroatoms. The fourth-order valence-electron chi connectivity index (χ4n) is 4.82. The van der Waals surface area contributed by atoms with Crippen LogP contribution in [0.15, 0.2) is 54.7 Å². The first-order valence-corrected chi connectivity index (χ1v) is 11.7. The highest BCUT2D eigenvalue weighted by molar-refractivity contribution is 14.1. The topological polar surface area (TPSA) is 64.8 Å². The number of amides is 1. The van der Waals surface area contributed by atoms with Crippen LogP contribution in [-0.4, -0.2) is 33.0 Å². The van der Waals surface area contributed by atoms with Gasteiger partial charge in [-0.2, -0.15) is 5.10 Å². The Kier molecular flexibility index (Phi) is 5.12. The van der Waals surface area contributed by atoms with Crippen LogP contribution in [0.5, 0.6) is 0 Å². The number of hydrogen-bond acceptors (Lipinski definition) is 2. The van der Waals surface area contributed by atoms with Crippen LogP contribution in [0.3, 0.4) is 0 Å². The fraction of sp³-hybridized carbons (Fsp3) is 0.280. The second kappa shape index (κ2) is 7.82. The highest BCUT2D eigenvalue weighted by Gasteiger charge is 2.42. The molecular formula is C25H25IN4O. The Morgan fingerprint density at radius 2 is 1.97 bits per heavy atom. The summed E-state index contributed by atoms with van der Waals surface area (Å²) in [5.41, 5.74) is 6.18. The molecule has 0 bridgehead atoms. The van der Waals surface area contributed by atoms with E-state index in [0.29, 0.717) is 12.1 Å². The monoisotopic (exact) mass is 524 g/mol. The normalized spacial score (nSPS) is 15.1. The van der Waals surface area contributed by atoms with Gasteiger partial charge < -0.3 is 9.88 Å². The lowest BCUT2D eigenvalue weighted by Crippen LogP contribution is -2.35. The summed E-state index contributed by atoms with van der Waals surface area (Å²) >= 11 is 2.35. The number of nitrogens with zero attached hydrogens (tertiary/aromatic N) is 2. The number of carbonyl (C=O) groups excluding carboxylic acids is 1. The molecule has 0 radical (unpaired) electrons. The van der Waals surface area contributed by atoms with Crippen LogP contribution in [0.1, 0.15) is 52.1 Å². The summed E-state index contributed by atoms with van der Waals surface area (Å²) in [7, 11) is 1.83. The van der Waals surface area contributed by atoms with Crippen LogP contribution >= 0.6 is 22.6 Å². The van der Waals surface area contributed by atoms with Gasteiger partial charge in [0.2, 0.25) is 0 Å². The molecule has 158 valence electrons. The number of aromatic nitrogens is 3. The lowest BCUT2D eigenvalue weighted by atomic mass is 9.60. The summed E-state index contributed by atoms with van der Waals surface area (Å²) in [6.07, 6.45) is 5.62. The van der Waals surface area contributed by atoms with Crippen LogP contribution in [-0.2, 0) is 12.0 Å². The summed E-state index contributed by atoms with van der Waals surface area (Å²) in [6.45, 7) is 2.43. The maximum atomic E-state index is 13.3. The Morgan fingerprint density at radius 3 is 2.61 bits per heavy atom. The van der Waals surface area contributed by atoms with Gasteiger partial charge in [-0.25, -0.2) is 0 Å². The molecule has 1 aliphatic rings. The molecule has 31 heavy (non-hydrogen) atoms. The first-order chi connectivity index (χ1) is 15.0. The number of halogens is 1. The Hall–Kier alpha value is -2.61. The molecule has 1 aliphatic carbocycles. The molecule has 0 atom stereocenters. The Balaban J connectivity index is 1.51. The van der Waals surface area contributed by atoms with E-state index in [-0.39, 0.29) is 11.3 Å². The number of rotatable bonds is 5. The van der Waals surface area contributed by atoms with Gasteiger partial charge in [0.15, 0.2) is 0 Å². The van der Waals surface area contributed by atoms with Crippen LogP contribution in [0.25, 0.3) is 10.9 Å². The van der Waals surface area contributed by atoms with Crippen molar-refractivity contribution < 1.29 is 4.79 Å². The number of fused-ring (bicyclic) bond motifs is 1. The van der Waals surface area contributed by atoms with Crippen LogP contribution in [0.4, 0.5) is 0 Å². The molecule has 2 N–H and O–H groups in total. The average Bonchev–Trinajstić information content (AvgIpc) is 3.34. The van der Waals surface area contributed by atoms with Gasteiger partial charge in [0.25, 0.3) is 5.91 Å². The molecule has 4 aromatic rings. The number of nitrogens with one attached hydrogen (secondary N) is 2. The van der Waals surface area contributed by atoms with Crippen molar-refractivity contribution in [3.05, 3.63) is 86.4 Å². The minimum Gasteiger partial charge on any atom is -0.360 e. The SMILES string of the molecule is Cc1cc(CN(C)C(=O)c2cccc3c(C4(c5ccc(I)cc5)CCC4)c[nH]c23)n[nH]1. The summed E-state index contributed by atoms with van der Waals surface area (Å²) < 4.78 is 1.25. The minimum atomic E-state index is -0.00317. The predicted octanol–water partition coefficient (Wildman–Crippen LogP) is 5.55. The molecule has 0 aliphatic heterocycles. The van der Waals surface area contributed by atoms with Gasteiger partial charge in [0, 0.05) is 33.3 Å². The molecule has 1 fully saturated rings. The van der Waals surface area contributed by atoms with Crippen molar-refractivity contribution in [1.82, 2.24) is 20.1 Å². The van der Waals surface area contributed by atoms with E-state index < -0.39 is 0 Å². The fourth-order valence-corrected chi connectivity index (χ4v) is 5.18. The second-order valence-electron chi connectivity index (χ2n) is 8.58. The van der Waals surface area contributed by atoms with Gasteiger partial charge in [-0.1, -0.05) is 30.7 Å². The summed E-state index contributed by atoms with van der Waals surface area (Å²) in [5.74, 6) is -0.00317. The molecule has 5 nitrogen and oxygen atoms in total. The highest BCUT2D eigenvalue weighted by Crippen LogP contribution is 2.51. The van der Waals surface area contributed by atoms with Crippen molar-refractivity contribution in [2.75, 3.05) is 7.05 Å². The van der Waals surface area contributed by atoms with E-state index in [1.54, 1.807) is 4.90 Å². The van der Waals surface area contributed by atoms with Crippen LogP contribution < -0.4 is 0 Å². The van der Waals surface area contributed by atoms with Crippen molar-refractivity contribution in [2.24, 2.45) is 0 Å². The molecule has 0 unspecified atom stereocenters. The molecule has 2 aromatic heterocycles. The Labute approximate surface area is 195 Å². The lowest BCUT2D eigenvalue weighted by Gasteiger charge is -2.42. The molecule has 1 amide bonds. The lowest BCUT2D eigenvalue weighted by molar-refractivity contribution is 0.0785. The van der Waals surface area contributed by atoms with E-state index in [9.17, 15) is 4.79 Å². The van der Waals surface area contributed by atoms with Gasteiger partial charge in [0.05, 0.1) is 23.3 Å². The van der Waals surface area contributed by atoms with Crippen molar-refractivity contribution in [2.45, 2.75) is 38.1 Å². The zero-order valence-electron chi connectivity index (χ0n) is 17.7. The van der Waals surface area contributed by atoms with Crippen molar-refractivity contribution >= 4 is 39.4 Å². The van der Waals surface area contributed by atoms with Gasteiger partial charge >= 0.3 is 0 Å². The maximum Gasteiger partial charge on any atom is 0.256 e. The zero-order valence-corrected chi connectivity index (χ0v) is 19.9. The highest BCUT2D eigenvalue weighted by atomic mass is 127. The molecule has 0 saturated heterocycles. The number of para-hydroxylation sites is 1. The second-order valence-corrected chi connectivity index (χ2v) is 9.82. The maximum absolute atomic E-state index is 13.3. The number of H-pyrrole nitrogens is 2. The van der Waals surface area contributed by atoms with E-state index in [0.717, 1.165) is 35.1 Å². The van der Waals surface area contributed by atoms with E-state index in [4.69, 9.17) is 0 Å². The first-order valence-electron chi connectivity index (χ1n) is 10.6. The third-order valence-corrected chi connectivity index (χ3v) is 7.29. The Morgan fingerprint density at radius 1 is 1.19 bits per heavy atom. The van der Waals surface area contributed by atoms with Crippen molar-refractivity contribution in [1.29, 1.82) is 0 Å². The number of hydrogen-bond donors (Lipinski definition) is 2. The number of aromatic amines is 2. The summed E-state index contributed by atoms with van der Waals surface area (Å²) in [5, 5.41) is 8.35. The standard InChI is InChI=1S/C25H25IN4O/c1-16-13-19(29-28-16)15-30(2)24(31)21-6-3-5-20-22(14-27-23(20)21)25(11-4-12-25)17-7-9-18(26)10-8-17/h3,5-10,13-14,27H,4,11-12,15H2,1-2H3,(H,28,29). The molecular weight excluding hydrogens is 499 g/mol. The smallest absolute Gasteiger partial charge is 0.256 e. The number of carbonyl (C=O) groups is 1. The van der Waals surface area contributed by atoms with E-state index >= 15 is 0 Å². The molecule has 0 spiro atoms. The molecule has 5 rings (SSSR count). The summed E-state index contributed by atoms with van der Waals surface area (Å²) in [6, 6.07) is 16.9. The number of benzene rings is 2. The van der Waals surface area contributed by atoms with Gasteiger partial charge in [0.1, 0.15) is 0 Å². The molecule has 2 aromatic carbocycles. The summed E-state index contributed by atoms with van der Waals surface area (Å²) in [4.78, 5) is 18.5. The van der Waals surface area contributed by atoms with Gasteiger partial charge in [-0.05, 0) is 77.7 Å². The first kappa shape index (κ1) is 20.3. The minimum absolute atomic E-state index is 0.00317. The average molecular weight is 524 g/mol. The largest absolute Gasteiger partial charge is 0.360 e. The van der Waals surface area contributed by atoms with E-state index in [2.05, 4.69) is 74.3 Å². The van der Waals surface area contributed by atoms with Crippen LogP contribution in [0.2, 0.25) is 0 Å². The molecule has 2 heterocycles. The van der Waals surface area contributed by atoms with Crippen molar-refractivity contribution in [3.8, 4) is 0 Å². The van der Waals surface area contributed by atoms with Gasteiger partial charge in [-0.15, -0.1) is 0 Å². The third-order valence-electron chi connectivity index (χ3n) is 6.57. The quantitative estimate of drug-likeness (QED) is 0.337. The van der Waals surface area contributed by atoms with Crippen LogP contribution in [0, 0.1) is 10.5 Å². The van der Waals surface area contributed by atoms with Crippen molar-refractivity contribution in [3.63, 3.8) is 0 Å². The van der Waals surface area contributed by atoms with E-state index in [1.807, 2.05) is 32.2 Å². The van der Waals surface area contributed by atoms with Gasteiger partial charge in [-0.3, -0.25) is 9.89 Å². The molecule has 1 saturated carbocycles. The van der Waals surface area contributed by atoms with E-state index in [1.165, 1.54) is 21.1 Å². The number of aryl methyl sites for hydroxylation is 1. The zero-order chi connectivity index (χ0) is 21.6. The third kappa shape index (κ3) is 3.46. The Bertz CT molecular complexity index is 1250.